The van der Waals surface area contributed by atoms with Crippen molar-refractivity contribution in [3.63, 3.8) is 0 Å². The van der Waals surface area contributed by atoms with Crippen LogP contribution in [0.15, 0.2) is 0 Å². The maximum absolute atomic E-state index is 10.6. The predicted molar refractivity (Wildman–Crippen MR) is 55.6 cm³/mol. The van der Waals surface area contributed by atoms with Gasteiger partial charge in [-0.15, -0.1) is 0 Å². The minimum absolute atomic E-state index is 0.395. The fraction of sp³-hybridized carbons (Fsp3) is 0.900. The lowest BCUT2D eigenvalue weighted by molar-refractivity contribution is -0.192. The van der Waals surface area contributed by atoms with E-state index in [0.717, 1.165) is 25.9 Å². The summed E-state index contributed by atoms with van der Waals surface area (Å²) >= 11 is 0. The number of β-amino-alcohol motifs (C(OH)–C–C–N with tert-alkyl or cyclic N) is 1. The van der Waals surface area contributed by atoms with E-state index in [1.54, 1.807) is 0 Å². The number of aliphatic carboxylic acids is 1. The van der Waals surface area contributed by atoms with Crippen molar-refractivity contribution in [3.8, 4) is 0 Å². The third kappa shape index (κ3) is 7.17. The lowest BCUT2D eigenvalue weighted by Gasteiger charge is -2.22. The number of nitrogens with one attached hydrogen (secondary N) is 1. The average molecular weight is 257 g/mol. The maximum atomic E-state index is 10.6. The smallest absolute Gasteiger partial charge is 0.475 e. The Morgan fingerprint density at radius 3 is 2.18 bits per heavy atom. The van der Waals surface area contributed by atoms with Crippen LogP contribution in [-0.2, 0) is 4.79 Å². The summed E-state index contributed by atoms with van der Waals surface area (Å²) in [7, 11) is 0. The summed E-state index contributed by atoms with van der Waals surface area (Å²) in [6.07, 6.45) is -3.23. The topological polar surface area (TPSA) is 69.6 Å². The Kier molecular flexibility index (Phi) is 5.91. The van der Waals surface area contributed by atoms with Crippen LogP contribution >= 0.6 is 0 Å². The highest BCUT2D eigenvalue weighted by Gasteiger charge is 2.38. The van der Waals surface area contributed by atoms with Crippen LogP contribution in [0, 0.1) is 5.92 Å². The van der Waals surface area contributed by atoms with Crippen LogP contribution in [-0.4, -0.2) is 41.0 Å². The van der Waals surface area contributed by atoms with Crippen LogP contribution in [0.2, 0.25) is 0 Å². The second-order valence-electron chi connectivity index (χ2n) is 4.55. The zero-order chi connectivity index (χ0) is 13.7. The van der Waals surface area contributed by atoms with Gasteiger partial charge >= 0.3 is 12.1 Å². The molecular formula is C10H18F3NO3. The number of hydrogen-bond donors (Lipinski definition) is 3. The first-order valence-corrected chi connectivity index (χ1v) is 5.30. The number of carbonyl (C=O) groups is 1. The van der Waals surface area contributed by atoms with Crippen molar-refractivity contribution in [1.82, 2.24) is 5.32 Å². The molecule has 1 saturated heterocycles. The molecule has 1 unspecified atom stereocenters. The summed E-state index contributed by atoms with van der Waals surface area (Å²) in [5.74, 6) is -2.16. The van der Waals surface area contributed by atoms with Crippen molar-refractivity contribution in [2.45, 2.75) is 38.5 Å². The fourth-order valence-corrected chi connectivity index (χ4v) is 1.66. The van der Waals surface area contributed by atoms with Gasteiger partial charge in [0.2, 0.25) is 0 Å². The summed E-state index contributed by atoms with van der Waals surface area (Å²) in [5, 5.41) is 20.1. The Hall–Kier alpha value is -0.820. The van der Waals surface area contributed by atoms with Gasteiger partial charge in [0.1, 0.15) is 0 Å². The van der Waals surface area contributed by atoms with Gasteiger partial charge in [-0.05, 0) is 25.3 Å². The van der Waals surface area contributed by atoms with Gasteiger partial charge in [0, 0.05) is 6.54 Å². The van der Waals surface area contributed by atoms with Crippen molar-refractivity contribution in [1.29, 1.82) is 0 Å². The largest absolute Gasteiger partial charge is 0.490 e. The molecule has 1 aliphatic rings. The highest BCUT2D eigenvalue weighted by molar-refractivity contribution is 5.73. The van der Waals surface area contributed by atoms with E-state index >= 15 is 0 Å². The van der Waals surface area contributed by atoms with E-state index in [4.69, 9.17) is 9.90 Å². The molecule has 4 nitrogen and oxygen atoms in total. The molecule has 0 aromatic carbocycles. The number of carboxylic acid groups (broad SMARTS) is 1. The van der Waals surface area contributed by atoms with Crippen molar-refractivity contribution >= 4 is 5.97 Å². The van der Waals surface area contributed by atoms with Crippen molar-refractivity contribution in [3.05, 3.63) is 0 Å². The van der Waals surface area contributed by atoms with Gasteiger partial charge in [-0.1, -0.05) is 13.8 Å². The highest BCUT2D eigenvalue weighted by Crippen LogP contribution is 2.22. The van der Waals surface area contributed by atoms with Gasteiger partial charge < -0.3 is 15.5 Å². The Bertz CT molecular complexity index is 248. The first kappa shape index (κ1) is 16.2. The second kappa shape index (κ2) is 6.20. The Balaban J connectivity index is 0.000000325. The van der Waals surface area contributed by atoms with E-state index in [1.165, 1.54) is 0 Å². The lowest BCUT2D eigenvalue weighted by atomic mass is 9.92. The van der Waals surface area contributed by atoms with Gasteiger partial charge in [-0.25, -0.2) is 4.79 Å². The highest BCUT2D eigenvalue weighted by atomic mass is 19.4. The number of carboxylic acids is 1. The zero-order valence-corrected chi connectivity index (χ0v) is 9.84. The third-order valence-electron chi connectivity index (χ3n) is 2.25. The van der Waals surface area contributed by atoms with Crippen LogP contribution in [0.1, 0.15) is 26.7 Å². The molecule has 1 heterocycles. The summed E-state index contributed by atoms with van der Waals surface area (Å²) in [6, 6.07) is 0. The van der Waals surface area contributed by atoms with Crippen LogP contribution in [0.4, 0.5) is 13.2 Å². The summed E-state index contributed by atoms with van der Waals surface area (Å²) in [6.45, 7) is 6.06. The molecule has 1 atom stereocenters. The molecule has 3 N–H and O–H groups in total. The van der Waals surface area contributed by atoms with Gasteiger partial charge in [-0.2, -0.15) is 13.2 Å². The molecule has 0 aromatic rings. The van der Waals surface area contributed by atoms with Crippen LogP contribution in [0.5, 0.6) is 0 Å². The molecule has 1 aliphatic heterocycles. The van der Waals surface area contributed by atoms with Crippen LogP contribution in [0.25, 0.3) is 0 Å². The molecule has 0 bridgehead atoms. The van der Waals surface area contributed by atoms with E-state index in [0.29, 0.717) is 5.92 Å². The monoisotopic (exact) mass is 257 g/mol. The van der Waals surface area contributed by atoms with Crippen LogP contribution in [0.3, 0.4) is 0 Å². The number of hydrogen-bond acceptors (Lipinski definition) is 3. The average Bonchev–Trinajstić information content (AvgIpc) is 2.49. The summed E-state index contributed by atoms with van der Waals surface area (Å²) in [5.41, 5.74) is -0.395. The molecule has 7 heteroatoms. The second-order valence-corrected chi connectivity index (χ2v) is 4.55. The van der Waals surface area contributed by atoms with Crippen LogP contribution < -0.4 is 5.32 Å². The number of alkyl halides is 3. The molecule has 1 rings (SSSR count). The Labute approximate surface area is 97.8 Å². The minimum atomic E-state index is -5.08. The molecule has 0 saturated carbocycles. The number of halogens is 3. The van der Waals surface area contributed by atoms with Crippen molar-refractivity contribution < 1.29 is 28.2 Å². The number of rotatable bonds is 2. The van der Waals surface area contributed by atoms with E-state index < -0.39 is 17.7 Å². The summed E-state index contributed by atoms with van der Waals surface area (Å²) < 4.78 is 31.7. The van der Waals surface area contributed by atoms with E-state index in [1.807, 2.05) is 0 Å². The van der Waals surface area contributed by atoms with Gasteiger partial charge in [0.05, 0.1) is 5.60 Å². The molecule has 1 fully saturated rings. The van der Waals surface area contributed by atoms with Crippen molar-refractivity contribution in [2.24, 2.45) is 5.92 Å². The van der Waals surface area contributed by atoms with Crippen molar-refractivity contribution in [2.75, 3.05) is 13.1 Å². The molecule has 0 aliphatic carbocycles. The summed E-state index contributed by atoms with van der Waals surface area (Å²) in [4.78, 5) is 8.90. The molecule has 102 valence electrons. The maximum Gasteiger partial charge on any atom is 0.490 e. The molecule has 0 radical (unpaired) electrons. The fourth-order valence-electron chi connectivity index (χ4n) is 1.66. The molecule has 0 aromatic heterocycles. The zero-order valence-electron chi connectivity index (χ0n) is 9.84. The van der Waals surface area contributed by atoms with Gasteiger partial charge in [0.15, 0.2) is 0 Å². The lowest BCUT2D eigenvalue weighted by Crippen LogP contribution is -2.32. The first-order chi connectivity index (χ1) is 7.57. The first-order valence-electron chi connectivity index (χ1n) is 5.30. The van der Waals surface area contributed by atoms with E-state index in [9.17, 15) is 18.3 Å². The normalized spacial score (nSPS) is 24.4. The molecule has 0 amide bonds. The minimum Gasteiger partial charge on any atom is -0.475 e. The molecule has 17 heavy (non-hydrogen) atoms. The van der Waals surface area contributed by atoms with Gasteiger partial charge in [-0.3, -0.25) is 0 Å². The number of aliphatic hydroxyl groups is 1. The SMILES string of the molecule is CC(C)CC1(O)CCNC1.O=C(O)C(F)(F)F. The predicted octanol–water partition coefficient (Wildman–Crippen LogP) is 1.39. The van der Waals surface area contributed by atoms with Gasteiger partial charge in [0.25, 0.3) is 0 Å². The molecular weight excluding hydrogens is 239 g/mol. The third-order valence-corrected chi connectivity index (χ3v) is 2.25. The molecule has 0 spiro atoms. The standard InChI is InChI=1S/C8H17NO.C2HF3O2/c1-7(2)5-8(10)3-4-9-6-8;3-2(4,5)1(6)7/h7,9-10H,3-6H2,1-2H3;(H,6,7). The van der Waals surface area contributed by atoms with E-state index in [-0.39, 0.29) is 0 Å². The Morgan fingerprint density at radius 2 is 1.94 bits per heavy atom. The quantitative estimate of drug-likeness (QED) is 0.699. The van der Waals surface area contributed by atoms with E-state index in [2.05, 4.69) is 19.2 Å². The Morgan fingerprint density at radius 1 is 1.47 bits per heavy atom.